The summed E-state index contributed by atoms with van der Waals surface area (Å²) in [6, 6.07) is 20.2. The molecule has 4 aromatic carbocycles. The van der Waals surface area contributed by atoms with Gasteiger partial charge in [0, 0.05) is 50.3 Å². The topological polar surface area (TPSA) is 135 Å². The molecular weight excluding hydrogens is 648 g/mol. The third kappa shape index (κ3) is 7.65. The number of nitrogens with zero attached hydrogens (tertiary/aromatic N) is 2. The van der Waals surface area contributed by atoms with Crippen LogP contribution in [-0.2, 0) is 0 Å². The van der Waals surface area contributed by atoms with Gasteiger partial charge in [0.05, 0.1) is 29.6 Å². The highest BCUT2D eigenvalue weighted by molar-refractivity contribution is 6.32. The van der Waals surface area contributed by atoms with Gasteiger partial charge in [-0.3, -0.25) is 9.98 Å². The Morgan fingerprint density at radius 3 is 1.67 bits per heavy atom. The van der Waals surface area contributed by atoms with Gasteiger partial charge in [-0.15, -0.1) is 13.2 Å². The van der Waals surface area contributed by atoms with Gasteiger partial charge in [-0.2, -0.15) is 0 Å². The third-order valence-corrected chi connectivity index (χ3v) is 6.95. The number of methoxy groups -OCH3 is 1. The van der Waals surface area contributed by atoms with Crippen molar-refractivity contribution in [2.24, 2.45) is 9.98 Å². The summed E-state index contributed by atoms with van der Waals surface area (Å²) in [6.07, 6.45) is -1.81. The Bertz CT molecular complexity index is 2070. The molecule has 0 bridgehead atoms. The van der Waals surface area contributed by atoms with E-state index in [0.29, 0.717) is 49.2 Å². The number of aromatic nitrogens is 2. The average molecular weight is 671 g/mol. The van der Waals surface area contributed by atoms with Crippen LogP contribution >= 0.6 is 23.2 Å². The molecule has 14 heteroatoms. The number of hydrogen-bond acceptors (Lipinski definition) is 7. The molecule has 6 rings (SSSR count). The average Bonchev–Trinajstić information content (AvgIpc) is 3.48. The van der Waals surface area contributed by atoms with Crippen LogP contribution in [-0.4, -0.2) is 51.2 Å². The Morgan fingerprint density at radius 1 is 0.696 bits per heavy atom. The van der Waals surface area contributed by atoms with Crippen LogP contribution in [0.5, 0.6) is 29.0 Å². The number of halogens is 5. The van der Waals surface area contributed by atoms with E-state index in [2.05, 4.69) is 24.7 Å². The van der Waals surface area contributed by atoms with Gasteiger partial charge < -0.3 is 34.8 Å². The maximum atomic E-state index is 12.1. The first kappa shape index (κ1) is 32.1. The Balaban J connectivity index is 0.000000182. The van der Waals surface area contributed by atoms with Crippen LogP contribution in [0.2, 0.25) is 10.0 Å². The highest BCUT2D eigenvalue weighted by atomic mass is 35.5. The summed E-state index contributed by atoms with van der Waals surface area (Å²) < 4.78 is 45.1. The number of hydrogen-bond donors (Lipinski definition) is 5. The van der Waals surface area contributed by atoms with E-state index in [4.69, 9.17) is 27.9 Å². The van der Waals surface area contributed by atoms with Gasteiger partial charge in [0.2, 0.25) is 0 Å². The normalized spacial score (nSPS) is 11.8. The number of H-pyrrole nitrogens is 2. The van der Waals surface area contributed by atoms with Crippen molar-refractivity contribution in [3.05, 3.63) is 100 Å². The summed E-state index contributed by atoms with van der Waals surface area (Å²) in [7, 11) is 1.48. The molecule has 0 unspecified atom stereocenters. The molecule has 0 fully saturated rings. The number of fused-ring (bicyclic) bond motifs is 2. The summed E-state index contributed by atoms with van der Waals surface area (Å²) in [5.74, 6) is -0.0148. The SMILES string of the molecule is COc1ccc(N=Cc2c(O)[nH]c3ccc(Cl)cc23)cc1O.Oc1[nH]c2ccc(Cl)cc2c1C=Nc1ccc(OC(F)(F)F)cc1. The van der Waals surface area contributed by atoms with E-state index < -0.39 is 6.36 Å². The maximum absolute atomic E-state index is 12.1. The zero-order valence-electron chi connectivity index (χ0n) is 23.6. The smallest absolute Gasteiger partial charge is 0.504 e. The summed E-state index contributed by atoms with van der Waals surface area (Å²) in [5.41, 5.74) is 3.36. The Morgan fingerprint density at radius 2 is 1.20 bits per heavy atom. The van der Waals surface area contributed by atoms with Crippen LogP contribution < -0.4 is 9.47 Å². The number of phenolic OH excluding ortho intramolecular Hbond substituents is 1. The van der Waals surface area contributed by atoms with E-state index in [1.165, 1.54) is 37.7 Å². The molecule has 0 spiro atoms. The molecule has 0 aliphatic rings. The minimum absolute atomic E-state index is 0.00310. The van der Waals surface area contributed by atoms with Crippen LogP contribution in [0.4, 0.5) is 24.5 Å². The second kappa shape index (κ2) is 13.3. The lowest BCUT2D eigenvalue weighted by Gasteiger charge is -2.08. The van der Waals surface area contributed by atoms with Gasteiger partial charge in [-0.05, 0) is 72.8 Å². The van der Waals surface area contributed by atoms with Crippen LogP contribution in [0.15, 0.2) is 88.8 Å². The highest BCUT2D eigenvalue weighted by Crippen LogP contribution is 2.32. The van der Waals surface area contributed by atoms with Gasteiger partial charge in [0.25, 0.3) is 0 Å². The van der Waals surface area contributed by atoms with E-state index in [-0.39, 0.29) is 23.3 Å². The molecule has 9 nitrogen and oxygen atoms in total. The molecule has 0 atom stereocenters. The highest BCUT2D eigenvalue weighted by Gasteiger charge is 2.30. The molecule has 0 amide bonds. The molecule has 46 heavy (non-hydrogen) atoms. The first-order valence-corrected chi connectivity index (χ1v) is 14.0. The number of aliphatic imine (C=N–C) groups is 2. The van der Waals surface area contributed by atoms with Gasteiger partial charge in [0.1, 0.15) is 5.75 Å². The number of nitrogens with one attached hydrogen (secondary N) is 2. The predicted octanol–water partition coefficient (Wildman–Crippen LogP) is 9.17. The van der Waals surface area contributed by atoms with Gasteiger partial charge >= 0.3 is 6.36 Å². The van der Waals surface area contributed by atoms with Crippen LogP contribution in [0, 0.1) is 0 Å². The van der Waals surface area contributed by atoms with E-state index in [9.17, 15) is 28.5 Å². The third-order valence-electron chi connectivity index (χ3n) is 6.48. The lowest BCUT2D eigenvalue weighted by atomic mass is 10.2. The van der Waals surface area contributed by atoms with Crippen molar-refractivity contribution in [3.8, 4) is 29.0 Å². The number of benzene rings is 4. The van der Waals surface area contributed by atoms with Gasteiger partial charge in [-0.25, -0.2) is 0 Å². The Kier molecular flexibility index (Phi) is 9.31. The minimum atomic E-state index is -4.74. The molecule has 0 aliphatic carbocycles. The fourth-order valence-electron chi connectivity index (χ4n) is 4.37. The van der Waals surface area contributed by atoms with Gasteiger partial charge in [-0.1, -0.05) is 23.2 Å². The number of aromatic hydroxyl groups is 3. The first-order valence-electron chi connectivity index (χ1n) is 13.2. The largest absolute Gasteiger partial charge is 0.573 e. The molecular formula is C32H23Cl2F3N4O5. The number of ether oxygens (including phenoxy) is 2. The molecule has 2 aromatic heterocycles. The monoisotopic (exact) mass is 670 g/mol. The van der Waals surface area contributed by atoms with Crippen molar-refractivity contribution in [3.63, 3.8) is 0 Å². The van der Waals surface area contributed by atoms with Crippen LogP contribution in [0.25, 0.3) is 21.8 Å². The number of alkyl halides is 3. The van der Waals surface area contributed by atoms with E-state index in [0.717, 1.165) is 23.0 Å². The van der Waals surface area contributed by atoms with Crippen molar-refractivity contribution < 1.29 is 38.0 Å². The van der Waals surface area contributed by atoms with Crippen LogP contribution in [0.3, 0.4) is 0 Å². The van der Waals surface area contributed by atoms with Crippen molar-refractivity contribution in [2.75, 3.05) is 7.11 Å². The zero-order valence-corrected chi connectivity index (χ0v) is 25.1. The summed E-state index contributed by atoms with van der Waals surface area (Å²) in [5, 5.41) is 32.2. The molecule has 5 N–H and O–H groups in total. The zero-order chi connectivity index (χ0) is 33.0. The fraction of sp³-hybridized carbons (Fsp3) is 0.0625. The Hall–Kier alpha value is -5.33. The fourth-order valence-corrected chi connectivity index (χ4v) is 4.72. The number of rotatable bonds is 6. The molecule has 236 valence electrons. The molecule has 0 saturated carbocycles. The molecule has 0 saturated heterocycles. The van der Waals surface area contributed by atoms with Crippen molar-refractivity contribution in [1.82, 2.24) is 9.97 Å². The van der Waals surface area contributed by atoms with Crippen molar-refractivity contribution in [2.45, 2.75) is 6.36 Å². The summed E-state index contributed by atoms with van der Waals surface area (Å²) in [4.78, 5) is 14.0. The summed E-state index contributed by atoms with van der Waals surface area (Å²) >= 11 is 11.9. The lowest BCUT2D eigenvalue weighted by Crippen LogP contribution is -2.16. The molecule has 0 radical (unpaired) electrons. The van der Waals surface area contributed by atoms with Crippen molar-refractivity contribution >= 4 is 68.8 Å². The number of phenols is 1. The van der Waals surface area contributed by atoms with E-state index >= 15 is 0 Å². The Labute approximate surface area is 268 Å². The second-order valence-corrected chi connectivity index (χ2v) is 10.4. The predicted molar refractivity (Wildman–Crippen MR) is 172 cm³/mol. The second-order valence-electron chi connectivity index (χ2n) is 9.57. The number of aromatic amines is 2. The van der Waals surface area contributed by atoms with Crippen LogP contribution in [0.1, 0.15) is 11.1 Å². The quantitative estimate of drug-likeness (QED) is 0.113. The standard InChI is InChI=1S/C16H10ClF3N2O2.C16H13ClN2O3/c17-9-1-6-14-12(7-9)13(15(23)22-14)8-21-10-2-4-11(5-3-10)24-16(18,19)20;1-22-15-5-3-10(7-14(15)20)18-8-12-11-6-9(17)2-4-13(11)19-16(12)21/h1-8,22-23H;2-8,19-21H,1H3. The van der Waals surface area contributed by atoms with Crippen molar-refractivity contribution in [1.29, 1.82) is 0 Å². The van der Waals surface area contributed by atoms with E-state index in [1.807, 2.05) is 0 Å². The minimum Gasteiger partial charge on any atom is -0.504 e. The van der Waals surface area contributed by atoms with E-state index in [1.54, 1.807) is 48.5 Å². The van der Waals surface area contributed by atoms with Gasteiger partial charge in [0.15, 0.2) is 23.3 Å². The first-order chi connectivity index (χ1) is 21.9. The molecule has 6 aromatic rings. The lowest BCUT2D eigenvalue weighted by molar-refractivity contribution is -0.274. The maximum Gasteiger partial charge on any atom is 0.573 e. The molecule has 2 heterocycles. The summed E-state index contributed by atoms with van der Waals surface area (Å²) in [6.45, 7) is 0. The molecule has 0 aliphatic heterocycles.